The van der Waals surface area contributed by atoms with Crippen molar-refractivity contribution < 1.29 is 5.11 Å². The Morgan fingerprint density at radius 1 is 1.39 bits per heavy atom. The van der Waals surface area contributed by atoms with Crippen molar-refractivity contribution in [2.24, 2.45) is 0 Å². The molecule has 1 aliphatic rings. The number of fused-ring (bicyclic) bond motifs is 1. The van der Waals surface area contributed by atoms with Crippen molar-refractivity contribution in [3.8, 4) is 0 Å². The Morgan fingerprint density at radius 2 is 2.11 bits per heavy atom. The summed E-state index contributed by atoms with van der Waals surface area (Å²) in [5.74, 6) is 1.31. The summed E-state index contributed by atoms with van der Waals surface area (Å²) < 4.78 is 0. The number of thiophene rings is 1. The predicted octanol–water partition coefficient (Wildman–Crippen LogP) is 1.07. The zero-order valence-electron chi connectivity index (χ0n) is 10.5. The molecule has 1 saturated heterocycles. The van der Waals surface area contributed by atoms with Crippen molar-refractivity contribution in [3.63, 3.8) is 0 Å². The first-order valence-electron chi connectivity index (χ1n) is 5.97. The number of nitrogen functional groups attached to an aromatic ring is 1. The summed E-state index contributed by atoms with van der Waals surface area (Å²) in [5, 5.41) is 10.2. The summed E-state index contributed by atoms with van der Waals surface area (Å²) in [4.78, 5) is 13.3. The highest BCUT2D eigenvalue weighted by atomic mass is 32.1. The van der Waals surface area contributed by atoms with Crippen LogP contribution in [0.5, 0.6) is 0 Å². The number of β-amino-alcohol motifs (C(OH)–C–C–N with tert-alkyl or cyclic N) is 1. The minimum absolute atomic E-state index is 0.197. The summed E-state index contributed by atoms with van der Waals surface area (Å²) in [5.41, 5.74) is 7.20. The van der Waals surface area contributed by atoms with Gasteiger partial charge in [-0.2, -0.15) is 0 Å². The molecule has 1 aliphatic heterocycles. The lowest BCUT2D eigenvalue weighted by molar-refractivity contribution is -0.00419. The molecule has 0 atom stereocenters. The van der Waals surface area contributed by atoms with E-state index in [1.165, 1.54) is 10.4 Å². The fourth-order valence-electron chi connectivity index (χ4n) is 2.27. The van der Waals surface area contributed by atoms with Crippen molar-refractivity contribution in [2.45, 2.75) is 26.5 Å². The molecule has 0 saturated carbocycles. The van der Waals surface area contributed by atoms with E-state index in [0.717, 1.165) is 16.0 Å². The van der Waals surface area contributed by atoms with Crippen LogP contribution >= 0.6 is 11.3 Å². The van der Waals surface area contributed by atoms with Crippen LogP contribution in [0.3, 0.4) is 0 Å². The van der Waals surface area contributed by atoms with Crippen molar-refractivity contribution in [1.82, 2.24) is 14.9 Å². The van der Waals surface area contributed by atoms with Crippen molar-refractivity contribution in [3.05, 3.63) is 16.3 Å². The maximum atomic E-state index is 9.26. The van der Waals surface area contributed by atoms with E-state index < -0.39 is 0 Å². The van der Waals surface area contributed by atoms with Crippen LogP contribution in [0.25, 0.3) is 10.2 Å². The van der Waals surface area contributed by atoms with Gasteiger partial charge in [-0.3, -0.25) is 4.90 Å². The third-order valence-corrected chi connectivity index (χ3v) is 4.51. The van der Waals surface area contributed by atoms with E-state index in [2.05, 4.69) is 28.7 Å². The Bertz CT molecular complexity index is 604. The molecule has 2 aromatic rings. The molecular formula is C12H16N4OS. The van der Waals surface area contributed by atoms with E-state index in [0.29, 0.717) is 25.5 Å². The number of aromatic nitrogens is 2. The molecule has 0 aliphatic carbocycles. The Hall–Kier alpha value is -1.24. The molecule has 0 radical (unpaired) electrons. The van der Waals surface area contributed by atoms with Crippen LogP contribution in [0.1, 0.15) is 16.3 Å². The predicted molar refractivity (Wildman–Crippen MR) is 72.6 cm³/mol. The average molecular weight is 264 g/mol. The summed E-state index contributed by atoms with van der Waals surface area (Å²) in [6, 6.07) is 0. The van der Waals surface area contributed by atoms with Gasteiger partial charge in [-0.15, -0.1) is 11.3 Å². The zero-order valence-corrected chi connectivity index (χ0v) is 11.3. The first-order valence-corrected chi connectivity index (χ1v) is 6.78. The molecule has 96 valence electrons. The summed E-state index contributed by atoms with van der Waals surface area (Å²) in [7, 11) is 0. The molecule has 0 spiro atoms. The number of hydrogen-bond acceptors (Lipinski definition) is 6. The molecule has 5 nitrogen and oxygen atoms in total. The fourth-order valence-corrected chi connectivity index (χ4v) is 3.32. The second-order valence-electron chi connectivity index (χ2n) is 4.84. The van der Waals surface area contributed by atoms with Gasteiger partial charge >= 0.3 is 0 Å². The third kappa shape index (κ3) is 1.86. The summed E-state index contributed by atoms with van der Waals surface area (Å²) in [6.07, 6.45) is -0.197. The van der Waals surface area contributed by atoms with E-state index in [-0.39, 0.29) is 6.10 Å². The minimum atomic E-state index is -0.197. The van der Waals surface area contributed by atoms with Gasteiger partial charge in [0.05, 0.1) is 18.0 Å². The molecule has 2 aromatic heterocycles. The first kappa shape index (κ1) is 11.8. The molecule has 3 N–H and O–H groups in total. The third-order valence-electron chi connectivity index (χ3n) is 3.41. The van der Waals surface area contributed by atoms with Crippen LogP contribution in [-0.2, 0) is 6.54 Å². The molecule has 0 amide bonds. The number of likely N-dealkylation sites (tertiary alicyclic amines) is 1. The summed E-state index contributed by atoms with van der Waals surface area (Å²) >= 11 is 1.66. The van der Waals surface area contributed by atoms with Gasteiger partial charge in [0.25, 0.3) is 0 Å². The highest BCUT2D eigenvalue weighted by Crippen LogP contribution is 2.32. The smallest absolute Gasteiger partial charge is 0.146 e. The number of aryl methyl sites for hydroxylation is 2. The van der Waals surface area contributed by atoms with Gasteiger partial charge < -0.3 is 10.8 Å². The molecule has 1 fully saturated rings. The standard InChI is InChI=1S/C12H16N4OS/c1-6-7(2)18-12-10(6)11(13)14-9(15-12)5-16-3-8(17)4-16/h8,17H,3-5H2,1-2H3,(H2,13,14,15). The number of anilines is 1. The van der Waals surface area contributed by atoms with Gasteiger partial charge in [-0.25, -0.2) is 9.97 Å². The van der Waals surface area contributed by atoms with E-state index in [4.69, 9.17) is 5.73 Å². The van der Waals surface area contributed by atoms with Gasteiger partial charge in [-0.1, -0.05) is 0 Å². The fraction of sp³-hybridized carbons (Fsp3) is 0.500. The van der Waals surface area contributed by atoms with E-state index in [1.54, 1.807) is 11.3 Å². The monoisotopic (exact) mass is 264 g/mol. The lowest BCUT2D eigenvalue weighted by Crippen LogP contribution is -2.50. The maximum Gasteiger partial charge on any atom is 0.146 e. The topological polar surface area (TPSA) is 75.3 Å². The number of nitrogens with zero attached hydrogens (tertiary/aromatic N) is 3. The summed E-state index contributed by atoms with van der Waals surface area (Å²) in [6.45, 7) is 6.19. The second-order valence-corrected chi connectivity index (χ2v) is 6.04. The molecule has 0 unspecified atom stereocenters. The second kappa shape index (κ2) is 4.15. The zero-order chi connectivity index (χ0) is 12.9. The van der Waals surface area contributed by atoms with E-state index in [1.807, 2.05) is 0 Å². The van der Waals surface area contributed by atoms with Crippen molar-refractivity contribution in [2.75, 3.05) is 18.8 Å². The molecular weight excluding hydrogens is 248 g/mol. The lowest BCUT2D eigenvalue weighted by Gasteiger charge is -2.35. The van der Waals surface area contributed by atoms with Gasteiger partial charge in [0, 0.05) is 18.0 Å². The molecule has 18 heavy (non-hydrogen) atoms. The van der Waals surface area contributed by atoms with Gasteiger partial charge in [0.2, 0.25) is 0 Å². The van der Waals surface area contributed by atoms with Gasteiger partial charge in [-0.05, 0) is 19.4 Å². The maximum absolute atomic E-state index is 9.26. The van der Waals surface area contributed by atoms with Crippen molar-refractivity contribution in [1.29, 1.82) is 0 Å². The van der Waals surface area contributed by atoms with Gasteiger partial charge in [0.15, 0.2) is 0 Å². The van der Waals surface area contributed by atoms with Crippen LogP contribution in [0, 0.1) is 13.8 Å². The van der Waals surface area contributed by atoms with Gasteiger partial charge in [0.1, 0.15) is 16.5 Å². The Labute approximate surface area is 109 Å². The van der Waals surface area contributed by atoms with Crippen LogP contribution in [0.4, 0.5) is 5.82 Å². The van der Waals surface area contributed by atoms with E-state index in [9.17, 15) is 5.11 Å². The Morgan fingerprint density at radius 3 is 2.78 bits per heavy atom. The quantitative estimate of drug-likeness (QED) is 0.848. The van der Waals surface area contributed by atoms with Crippen molar-refractivity contribution >= 4 is 27.4 Å². The highest BCUT2D eigenvalue weighted by Gasteiger charge is 2.25. The number of aliphatic hydroxyl groups excluding tert-OH is 1. The highest BCUT2D eigenvalue weighted by molar-refractivity contribution is 7.18. The molecule has 0 bridgehead atoms. The Balaban J connectivity index is 1.94. The molecule has 3 rings (SSSR count). The van der Waals surface area contributed by atoms with E-state index >= 15 is 0 Å². The Kier molecular flexibility index (Phi) is 2.73. The molecule has 6 heteroatoms. The van der Waals surface area contributed by atoms with Crippen LogP contribution in [0.2, 0.25) is 0 Å². The minimum Gasteiger partial charge on any atom is -0.390 e. The molecule has 0 aromatic carbocycles. The first-order chi connectivity index (χ1) is 8.54. The number of hydrogen-bond donors (Lipinski definition) is 2. The van der Waals surface area contributed by atoms with Crippen LogP contribution in [0.15, 0.2) is 0 Å². The van der Waals surface area contributed by atoms with Crippen LogP contribution < -0.4 is 5.73 Å². The number of aliphatic hydroxyl groups is 1. The van der Waals surface area contributed by atoms with Crippen LogP contribution in [-0.4, -0.2) is 39.2 Å². The molecule has 3 heterocycles. The largest absolute Gasteiger partial charge is 0.390 e. The number of nitrogens with two attached hydrogens (primary N) is 1. The average Bonchev–Trinajstić information content (AvgIpc) is 2.53. The number of rotatable bonds is 2. The SMILES string of the molecule is Cc1sc2nc(CN3CC(O)C3)nc(N)c2c1C. The lowest BCUT2D eigenvalue weighted by atomic mass is 10.2. The normalized spacial score (nSPS) is 17.3.